The van der Waals surface area contributed by atoms with Crippen molar-refractivity contribution in [1.82, 2.24) is 9.78 Å². The molecule has 1 aromatic heterocycles. The van der Waals surface area contributed by atoms with E-state index in [0.29, 0.717) is 13.0 Å². The van der Waals surface area contributed by atoms with Gasteiger partial charge >= 0.3 is 0 Å². The first-order valence-electron chi connectivity index (χ1n) is 9.44. The van der Waals surface area contributed by atoms with Crippen molar-refractivity contribution in [2.24, 2.45) is 0 Å². The van der Waals surface area contributed by atoms with Crippen molar-refractivity contribution in [2.45, 2.75) is 57.8 Å². The average molecular weight is 392 g/mol. The van der Waals surface area contributed by atoms with Gasteiger partial charge in [0.2, 0.25) is 0 Å². The molecule has 1 fully saturated rings. The number of ether oxygens (including phenoxy) is 2. The van der Waals surface area contributed by atoms with Crippen LogP contribution in [0.25, 0.3) is 0 Å². The van der Waals surface area contributed by atoms with Gasteiger partial charge in [-0.25, -0.2) is 4.68 Å². The average Bonchev–Trinajstić information content (AvgIpc) is 2.96. The predicted molar refractivity (Wildman–Crippen MR) is 101 cm³/mol. The Hall–Kier alpha value is -1.97. The summed E-state index contributed by atoms with van der Waals surface area (Å²) in [7, 11) is 0. The third-order valence-corrected chi connectivity index (χ3v) is 5.26. The summed E-state index contributed by atoms with van der Waals surface area (Å²) in [6.45, 7) is 5.87. The number of nitrogens with zero attached hydrogens (tertiary/aromatic N) is 2. The van der Waals surface area contributed by atoms with Crippen LogP contribution in [-0.2, 0) is 11.2 Å². The Bertz CT molecular complexity index is 789. The van der Waals surface area contributed by atoms with E-state index in [0.717, 1.165) is 28.3 Å². The highest BCUT2D eigenvalue weighted by molar-refractivity contribution is 5.33. The van der Waals surface area contributed by atoms with E-state index >= 15 is 0 Å². The van der Waals surface area contributed by atoms with Gasteiger partial charge in [-0.1, -0.05) is 12.1 Å². The predicted octanol–water partition coefficient (Wildman–Crippen LogP) is 0.462. The van der Waals surface area contributed by atoms with Gasteiger partial charge in [-0.2, -0.15) is 5.10 Å². The minimum absolute atomic E-state index is 0.472. The van der Waals surface area contributed by atoms with Gasteiger partial charge in [0, 0.05) is 12.1 Å². The van der Waals surface area contributed by atoms with Crippen LogP contribution in [0.1, 0.15) is 35.7 Å². The van der Waals surface area contributed by atoms with Gasteiger partial charge in [0.25, 0.3) is 0 Å². The zero-order chi connectivity index (χ0) is 20.4. The fourth-order valence-electron chi connectivity index (χ4n) is 3.42. The minimum Gasteiger partial charge on any atom is -0.494 e. The van der Waals surface area contributed by atoms with Crippen LogP contribution in [0.15, 0.2) is 24.3 Å². The molecule has 0 spiro atoms. The Kier molecular flexibility index (Phi) is 6.36. The third kappa shape index (κ3) is 3.92. The monoisotopic (exact) mass is 392 g/mol. The van der Waals surface area contributed by atoms with Crippen LogP contribution in [0.5, 0.6) is 5.75 Å². The zero-order valence-electron chi connectivity index (χ0n) is 16.3. The Morgan fingerprint density at radius 2 is 1.75 bits per heavy atom. The van der Waals surface area contributed by atoms with Crippen LogP contribution in [0.3, 0.4) is 0 Å². The van der Waals surface area contributed by atoms with Crippen molar-refractivity contribution in [1.29, 1.82) is 0 Å². The summed E-state index contributed by atoms with van der Waals surface area (Å²) in [5.41, 5.74) is 3.61. The number of aromatic nitrogens is 2. The van der Waals surface area contributed by atoms with Gasteiger partial charge in [-0.15, -0.1) is 0 Å². The molecule has 1 aromatic carbocycles. The molecule has 2 heterocycles. The molecule has 3 rings (SSSR count). The van der Waals surface area contributed by atoms with E-state index in [1.807, 2.05) is 45.0 Å². The molecule has 0 unspecified atom stereocenters. The molecular weight excluding hydrogens is 364 g/mol. The fraction of sp³-hybridized carbons (Fsp3) is 0.550. The van der Waals surface area contributed by atoms with Gasteiger partial charge in [0.15, 0.2) is 6.23 Å². The highest BCUT2D eigenvalue weighted by atomic mass is 16.6. The van der Waals surface area contributed by atoms with E-state index in [9.17, 15) is 20.4 Å². The van der Waals surface area contributed by atoms with Gasteiger partial charge in [0.1, 0.15) is 30.2 Å². The molecular formula is C20H28N2O6. The number of benzene rings is 1. The number of rotatable bonds is 6. The molecule has 8 nitrogen and oxygen atoms in total. The second kappa shape index (κ2) is 8.59. The molecule has 28 heavy (non-hydrogen) atoms. The van der Waals surface area contributed by atoms with Crippen molar-refractivity contribution in [3.8, 4) is 5.75 Å². The molecule has 0 bridgehead atoms. The number of hydrogen-bond donors (Lipinski definition) is 4. The molecule has 1 aliphatic heterocycles. The molecule has 8 heteroatoms. The van der Waals surface area contributed by atoms with Crippen LogP contribution < -0.4 is 4.74 Å². The smallest absolute Gasteiger partial charge is 0.179 e. The van der Waals surface area contributed by atoms with E-state index in [1.165, 1.54) is 4.68 Å². The third-order valence-electron chi connectivity index (χ3n) is 5.26. The normalized spacial score (nSPS) is 27.8. The Morgan fingerprint density at radius 3 is 2.36 bits per heavy atom. The highest BCUT2D eigenvalue weighted by Gasteiger charge is 2.45. The molecule has 1 saturated heterocycles. The van der Waals surface area contributed by atoms with E-state index in [1.54, 1.807) is 0 Å². The second-order valence-corrected chi connectivity index (χ2v) is 7.07. The molecule has 0 radical (unpaired) electrons. The van der Waals surface area contributed by atoms with Gasteiger partial charge in [-0.3, -0.25) is 0 Å². The lowest BCUT2D eigenvalue weighted by atomic mass is 9.98. The van der Waals surface area contributed by atoms with Gasteiger partial charge in [-0.05, 0) is 44.0 Å². The topological polar surface area (TPSA) is 117 Å². The molecule has 1 aliphatic rings. The van der Waals surface area contributed by atoms with E-state index < -0.39 is 37.3 Å². The first-order chi connectivity index (χ1) is 13.4. The number of aliphatic hydroxyl groups is 4. The summed E-state index contributed by atoms with van der Waals surface area (Å²) >= 11 is 0. The summed E-state index contributed by atoms with van der Waals surface area (Å²) in [5.74, 6) is 0.811. The van der Waals surface area contributed by atoms with Crippen molar-refractivity contribution < 1.29 is 29.9 Å². The summed E-state index contributed by atoms with van der Waals surface area (Å²) in [5, 5.41) is 44.4. The van der Waals surface area contributed by atoms with Crippen LogP contribution in [-0.4, -0.2) is 67.8 Å². The Balaban J connectivity index is 1.84. The van der Waals surface area contributed by atoms with Crippen molar-refractivity contribution in [3.63, 3.8) is 0 Å². The lowest BCUT2D eigenvalue weighted by Gasteiger charge is -2.40. The van der Waals surface area contributed by atoms with E-state index in [-0.39, 0.29) is 0 Å². The first kappa shape index (κ1) is 20.8. The molecule has 0 aliphatic carbocycles. The number of hydrogen-bond acceptors (Lipinski definition) is 7. The van der Waals surface area contributed by atoms with Gasteiger partial charge < -0.3 is 29.9 Å². The Morgan fingerprint density at radius 1 is 1.07 bits per heavy atom. The van der Waals surface area contributed by atoms with Gasteiger partial charge in [0.05, 0.1) is 18.9 Å². The quantitative estimate of drug-likeness (QED) is 0.564. The first-order valence-corrected chi connectivity index (χ1v) is 9.44. The summed E-state index contributed by atoms with van der Waals surface area (Å²) in [6.07, 6.45) is -5.58. The maximum Gasteiger partial charge on any atom is 0.179 e. The van der Waals surface area contributed by atoms with Crippen molar-refractivity contribution in [3.05, 3.63) is 46.8 Å². The largest absolute Gasteiger partial charge is 0.494 e. The second-order valence-electron chi connectivity index (χ2n) is 7.07. The van der Waals surface area contributed by atoms with Crippen LogP contribution in [0, 0.1) is 13.8 Å². The molecule has 5 atom stereocenters. The minimum atomic E-state index is -1.44. The van der Waals surface area contributed by atoms with Crippen molar-refractivity contribution >= 4 is 0 Å². The van der Waals surface area contributed by atoms with E-state index in [4.69, 9.17) is 9.47 Å². The fourth-order valence-corrected chi connectivity index (χ4v) is 3.42. The van der Waals surface area contributed by atoms with Crippen LogP contribution in [0.4, 0.5) is 0 Å². The molecule has 2 aromatic rings. The SMILES string of the molecule is CCOc1ccc(Cc2nn([C@@H]3O[C@H](CO)[C@@H](O)[C@H](O)[C@H]3O)c(C)c2C)cc1. The molecule has 0 saturated carbocycles. The van der Waals surface area contributed by atoms with Crippen LogP contribution in [0.2, 0.25) is 0 Å². The standard InChI is InChI=1S/C20H28N2O6/c1-4-27-14-7-5-13(6-8-14)9-15-11(2)12(3)22(21-15)20-19(26)18(25)17(24)16(10-23)28-20/h5-8,16-20,23-26H,4,9-10H2,1-3H3/t16-,17-,18+,19-,20-/m1/s1. The van der Waals surface area contributed by atoms with Crippen molar-refractivity contribution in [2.75, 3.05) is 13.2 Å². The lowest BCUT2D eigenvalue weighted by molar-refractivity contribution is -0.254. The molecule has 0 amide bonds. The number of aliphatic hydroxyl groups excluding tert-OH is 4. The van der Waals surface area contributed by atoms with Crippen LogP contribution >= 0.6 is 0 Å². The maximum absolute atomic E-state index is 10.4. The summed E-state index contributed by atoms with van der Waals surface area (Å²) in [4.78, 5) is 0. The summed E-state index contributed by atoms with van der Waals surface area (Å²) in [6, 6.07) is 7.78. The molecule has 4 N–H and O–H groups in total. The zero-order valence-corrected chi connectivity index (χ0v) is 16.3. The summed E-state index contributed by atoms with van der Waals surface area (Å²) < 4.78 is 12.6. The highest BCUT2D eigenvalue weighted by Crippen LogP contribution is 2.30. The molecule has 154 valence electrons. The maximum atomic E-state index is 10.4. The lowest BCUT2D eigenvalue weighted by Crippen LogP contribution is -2.56. The Labute approximate surface area is 164 Å². The van der Waals surface area contributed by atoms with E-state index in [2.05, 4.69) is 5.10 Å².